The zero-order valence-corrected chi connectivity index (χ0v) is 27.5. The SMILES string of the molecule is Cc1cc(C)c(C2C(C#N)=C(N)N(c3ccc(Br)cc3F)C3=C2C(=O)CC(C)(C)C3)cc1CSc1cc(Cl)ccc1Cl. The van der Waals surface area contributed by atoms with Crippen LogP contribution in [0.5, 0.6) is 0 Å². The number of carbonyl (C=O) groups is 1. The number of nitriles is 1. The lowest BCUT2D eigenvalue weighted by molar-refractivity contribution is -0.118. The molecule has 1 heterocycles. The summed E-state index contributed by atoms with van der Waals surface area (Å²) in [5.74, 6) is -0.486. The molecule has 42 heavy (non-hydrogen) atoms. The Morgan fingerprint density at radius 3 is 2.55 bits per heavy atom. The highest BCUT2D eigenvalue weighted by Gasteiger charge is 2.45. The van der Waals surface area contributed by atoms with Crippen LogP contribution in [-0.2, 0) is 10.5 Å². The molecule has 2 N–H and O–H groups in total. The van der Waals surface area contributed by atoms with Gasteiger partial charge in [-0.3, -0.25) is 9.69 Å². The number of thioether (sulfide) groups is 1. The molecule has 0 aromatic heterocycles. The third-order valence-electron chi connectivity index (χ3n) is 7.84. The second-order valence-corrected chi connectivity index (χ2v) is 14.4. The molecule has 3 aromatic rings. The quantitative estimate of drug-likeness (QED) is 0.271. The van der Waals surface area contributed by atoms with Crippen LogP contribution in [0.25, 0.3) is 0 Å². The first-order valence-corrected chi connectivity index (χ1v) is 15.9. The molecule has 4 nitrogen and oxygen atoms in total. The number of halogens is 4. The van der Waals surface area contributed by atoms with Gasteiger partial charge in [0, 0.05) is 37.8 Å². The van der Waals surface area contributed by atoms with Crippen molar-refractivity contribution in [3.05, 3.63) is 114 Å². The number of Topliss-reactive ketones (excluding diaryl/α,β-unsaturated/α-hetero) is 1. The molecule has 0 radical (unpaired) electrons. The summed E-state index contributed by atoms with van der Waals surface area (Å²) in [6.07, 6.45) is 0.818. The van der Waals surface area contributed by atoms with E-state index in [0.29, 0.717) is 44.4 Å². The van der Waals surface area contributed by atoms with Crippen molar-refractivity contribution in [1.29, 1.82) is 5.26 Å². The Hall–Kier alpha value is -2.76. The Balaban J connectivity index is 1.68. The van der Waals surface area contributed by atoms with Gasteiger partial charge >= 0.3 is 0 Å². The van der Waals surface area contributed by atoms with E-state index in [2.05, 4.69) is 34.1 Å². The van der Waals surface area contributed by atoms with Crippen LogP contribution in [0.4, 0.5) is 10.1 Å². The molecule has 2 aliphatic rings. The highest BCUT2D eigenvalue weighted by molar-refractivity contribution is 9.10. The molecule has 5 rings (SSSR count). The molecule has 3 aromatic carbocycles. The van der Waals surface area contributed by atoms with Crippen molar-refractivity contribution in [3.8, 4) is 6.07 Å². The summed E-state index contributed by atoms with van der Waals surface area (Å²) in [6, 6.07) is 16.5. The van der Waals surface area contributed by atoms with Gasteiger partial charge in [0.25, 0.3) is 0 Å². The molecule has 0 saturated carbocycles. The van der Waals surface area contributed by atoms with E-state index in [4.69, 9.17) is 28.9 Å². The number of nitrogens with zero attached hydrogens (tertiary/aromatic N) is 2. The molecule has 1 aliphatic carbocycles. The number of benzene rings is 3. The van der Waals surface area contributed by atoms with E-state index in [1.165, 1.54) is 6.07 Å². The van der Waals surface area contributed by atoms with Gasteiger partial charge in [-0.25, -0.2) is 4.39 Å². The van der Waals surface area contributed by atoms with E-state index in [1.807, 2.05) is 33.8 Å². The summed E-state index contributed by atoms with van der Waals surface area (Å²) in [5.41, 5.74) is 11.9. The number of rotatable bonds is 5. The summed E-state index contributed by atoms with van der Waals surface area (Å²) in [5, 5.41) is 11.7. The molecule has 0 spiro atoms. The monoisotopic (exact) mass is 683 g/mol. The van der Waals surface area contributed by atoms with Crippen molar-refractivity contribution >= 4 is 62.4 Å². The standard InChI is InChI=1S/C33H29BrCl2FN3OS/c1-17-9-18(2)22(10-19(17)16-42-29-12-21(35)6-7-24(29)36)30-23(15-38)32(39)40(26-8-5-20(34)11-25(26)37)27-13-33(3,4)14-28(41)31(27)30/h5-12,30H,13-14,16,39H2,1-4H3. The maximum absolute atomic E-state index is 15.4. The molecule has 1 atom stereocenters. The number of carbonyl (C=O) groups excluding carboxylic acids is 1. The second kappa shape index (κ2) is 11.7. The van der Waals surface area contributed by atoms with E-state index in [9.17, 15) is 10.1 Å². The minimum Gasteiger partial charge on any atom is -0.384 e. The van der Waals surface area contributed by atoms with Gasteiger partial charge in [0.15, 0.2) is 5.78 Å². The zero-order chi connectivity index (χ0) is 30.5. The predicted molar refractivity (Wildman–Crippen MR) is 173 cm³/mol. The summed E-state index contributed by atoms with van der Waals surface area (Å²) in [7, 11) is 0. The fraction of sp³-hybridized carbons (Fsp3) is 0.273. The first kappa shape index (κ1) is 30.7. The lowest BCUT2D eigenvalue weighted by atomic mass is 9.68. The van der Waals surface area contributed by atoms with Gasteiger partial charge in [0.1, 0.15) is 11.6 Å². The van der Waals surface area contributed by atoms with Gasteiger partial charge in [-0.05, 0) is 84.3 Å². The van der Waals surface area contributed by atoms with Crippen molar-refractivity contribution in [3.63, 3.8) is 0 Å². The largest absolute Gasteiger partial charge is 0.384 e. The summed E-state index contributed by atoms with van der Waals surface area (Å²) < 4.78 is 16.0. The fourth-order valence-corrected chi connectivity index (χ4v) is 7.77. The van der Waals surface area contributed by atoms with Crippen LogP contribution in [0.3, 0.4) is 0 Å². The second-order valence-electron chi connectivity index (χ2n) is 11.6. The molecule has 0 saturated heterocycles. The molecule has 1 unspecified atom stereocenters. The number of ketones is 1. The van der Waals surface area contributed by atoms with Crippen LogP contribution in [0, 0.1) is 36.4 Å². The van der Waals surface area contributed by atoms with Gasteiger partial charge in [0.2, 0.25) is 0 Å². The third-order valence-corrected chi connectivity index (χ3v) is 10.1. The first-order chi connectivity index (χ1) is 19.8. The minimum absolute atomic E-state index is 0.0596. The van der Waals surface area contributed by atoms with Crippen LogP contribution in [0.1, 0.15) is 54.9 Å². The molecule has 216 valence electrons. The summed E-state index contributed by atoms with van der Waals surface area (Å²) in [6.45, 7) is 8.07. The molecule has 0 fully saturated rings. The Bertz CT molecular complexity index is 1740. The highest BCUT2D eigenvalue weighted by Crippen LogP contribution is 2.51. The maximum Gasteiger partial charge on any atom is 0.162 e. The fourth-order valence-electron chi connectivity index (χ4n) is 5.88. The van der Waals surface area contributed by atoms with Crippen LogP contribution < -0.4 is 10.6 Å². The van der Waals surface area contributed by atoms with Crippen LogP contribution in [-0.4, -0.2) is 5.78 Å². The first-order valence-electron chi connectivity index (χ1n) is 13.4. The van der Waals surface area contributed by atoms with E-state index in [0.717, 1.165) is 27.1 Å². The van der Waals surface area contributed by atoms with Gasteiger partial charge in [-0.1, -0.05) is 65.1 Å². The number of hydrogen-bond donors (Lipinski definition) is 1. The van der Waals surface area contributed by atoms with E-state index >= 15 is 4.39 Å². The molecular weight excluding hydrogens is 656 g/mol. The van der Waals surface area contributed by atoms with E-state index < -0.39 is 11.7 Å². The Labute approximate surface area is 268 Å². The maximum atomic E-state index is 15.4. The highest BCUT2D eigenvalue weighted by atomic mass is 79.9. The van der Waals surface area contributed by atoms with Crippen molar-refractivity contribution < 1.29 is 9.18 Å². The van der Waals surface area contributed by atoms with Gasteiger partial charge in [-0.2, -0.15) is 5.26 Å². The van der Waals surface area contributed by atoms with Crippen LogP contribution in [0.15, 0.2) is 80.6 Å². The number of aryl methyl sites for hydroxylation is 2. The van der Waals surface area contributed by atoms with Crippen molar-refractivity contribution in [2.24, 2.45) is 11.1 Å². The Morgan fingerprint density at radius 2 is 1.86 bits per heavy atom. The number of allylic oxidation sites excluding steroid dienone is 3. The Morgan fingerprint density at radius 1 is 1.12 bits per heavy atom. The molecule has 0 bridgehead atoms. The van der Waals surface area contributed by atoms with Crippen LogP contribution in [0.2, 0.25) is 10.0 Å². The number of anilines is 1. The molecule has 0 amide bonds. The van der Waals surface area contributed by atoms with Gasteiger partial charge in [0.05, 0.1) is 28.3 Å². The lowest BCUT2D eigenvalue weighted by Gasteiger charge is -2.44. The Kier molecular flexibility index (Phi) is 8.57. The number of hydrogen-bond acceptors (Lipinski definition) is 5. The lowest BCUT2D eigenvalue weighted by Crippen LogP contribution is -2.42. The van der Waals surface area contributed by atoms with Crippen molar-refractivity contribution in [1.82, 2.24) is 0 Å². The summed E-state index contributed by atoms with van der Waals surface area (Å²) in [4.78, 5) is 16.4. The molecule has 1 aliphatic heterocycles. The van der Waals surface area contributed by atoms with Gasteiger partial charge < -0.3 is 5.73 Å². The van der Waals surface area contributed by atoms with Crippen LogP contribution >= 0.6 is 50.9 Å². The smallest absolute Gasteiger partial charge is 0.162 e. The molecule has 9 heteroatoms. The number of nitrogens with two attached hydrogens (primary N) is 1. The topological polar surface area (TPSA) is 70.1 Å². The van der Waals surface area contributed by atoms with Crippen molar-refractivity contribution in [2.75, 3.05) is 4.90 Å². The zero-order valence-electron chi connectivity index (χ0n) is 23.6. The average Bonchev–Trinajstić information content (AvgIpc) is 2.90. The van der Waals surface area contributed by atoms with Gasteiger partial charge in [-0.15, -0.1) is 11.8 Å². The average molecular weight is 685 g/mol. The van der Waals surface area contributed by atoms with Crippen molar-refractivity contribution in [2.45, 2.75) is 57.1 Å². The predicted octanol–water partition coefficient (Wildman–Crippen LogP) is 9.75. The van der Waals surface area contributed by atoms with E-state index in [-0.39, 0.29) is 28.3 Å². The van der Waals surface area contributed by atoms with E-state index in [1.54, 1.807) is 40.9 Å². The third kappa shape index (κ3) is 5.75. The summed E-state index contributed by atoms with van der Waals surface area (Å²) >= 11 is 17.5. The normalized spacial score (nSPS) is 18.3. The minimum atomic E-state index is -0.664. The molecular formula is C33H29BrCl2FN3OS.